The SMILES string of the molecule is CC1CNCCS(=O)(=O)N1c1cccc(Br)c1. The van der Waals surface area contributed by atoms with Crippen LogP contribution in [0.4, 0.5) is 5.69 Å². The van der Waals surface area contributed by atoms with Crippen molar-refractivity contribution in [1.82, 2.24) is 5.32 Å². The van der Waals surface area contributed by atoms with Crippen molar-refractivity contribution in [1.29, 1.82) is 0 Å². The van der Waals surface area contributed by atoms with Gasteiger partial charge in [-0.2, -0.15) is 0 Å². The van der Waals surface area contributed by atoms with Gasteiger partial charge >= 0.3 is 0 Å². The summed E-state index contributed by atoms with van der Waals surface area (Å²) in [7, 11) is -3.23. The highest BCUT2D eigenvalue weighted by Crippen LogP contribution is 2.25. The van der Waals surface area contributed by atoms with E-state index in [4.69, 9.17) is 0 Å². The summed E-state index contributed by atoms with van der Waals surface area (Å²) in [6.07, 6.45) is 0. The Labute approximate surface area is 110 Å². The van der Waals surface area contributed by atoms with Crippen LogP contribution in [0.1, 0.15) is 6.92 Å². The van der Waals surface area contributed by atoms with E-state index in [1.807, 2.05) is 31.2 Å². The summed E-state index contributed by atoms with van der Waals surface area (Å²) in [5, 5.41) is 3.13. The fraction of sp³-hybridized carbons (Fsp3) is 0.455. The number of rotatable bonds is 1. The van der Waals surface area contributed by atoms with Gasteiger partial charge in [-0.25, -0.2) is 8.42 Å². The van der Waals surface area contributed by atoms with Gasteiger partial charge in [0.25, 0.3) is 0 Å². The lowest BCUT2D eigenvalue weighted by atomic mass is 10.2. The highest BCUT2D eigenvalue weighted by molar-refractivity contribution is 9.10. The third kappa shape index (κ3) is 2.81. The molecule has 0 radical (unpaired) electrons. The predicted octanol–water partition coefficient (Wildman–Crippen LogP) is 1.58. The van der Waals surface area contributed by atoms with Gasteiger partial charge < -0.3 is 5.32 Å². The molecule has 1 unspecified atom stereocenters. The number of nitrogens with zero attached hydrogens (tertiary/aromatic N) is 1. The minimum Gasteiger partial charge on any atom is -0.314 e. The Kier molecular flexibility index (Phi) is 3.75. The van der Waals surface area contributed by atoms with E-state index in [0.29, 0.717) is 13.1 Å². The quantitative estimate of drug-likeness (QED) is 0.855. The molecule has 1 atom stereocenters. The number of hydrogen-bond acceptors (Lipinski definition) is 3. The van der Waals surface area contributed by atoms with Crippen molar-refractivity contribution in [2.24, 2.45) is 0 Å². The summed E-state index contributed by atoms with van der Waals surface area (Å²) in [6, 6.07) is 7.32. The lowest BCUT2D eigenvalue weighted by Gasteiger charge is -2.28. The Morgan fingerprint density at radius 3 is 2.94 bits per heavy atom. The van der Waals surface area contributed by atoms with Crippen LogP contribution >= 0.6 is 15.9 Å². The molecule has 1 saturated heterocycles. The fourth-order valence-electron chi connectivity index (χ4n) is 2.00. The molecule has 0 spiro atoms. The van der Waals surface area contributed by atoms with Crippen molar-refractivity contribution in [3.05, 3.63) is 28.7 Å². The average molecular weight is 319 g/mol. The molecule has 1 aromatic rings. The Morgan fingerprint density at radius 2 is 2.24 bits per heavy atom. The Balaban J connectivity index is 2.45. The van der Waals surface area contributed by atoms with Gasteiger partial charge in [0, 0.05) is 17.6 Å². The van der Waals surface area contributed by atoms with Crippen LogP contribution in [0.2, 0.25) is 0 Å². The minimum atomic E-state index is -3.23. The van der Waals surface area contributed by atoms with Crippen LogP contribution in [-0.2, 0) is 10.0 Å². The van der Waals surface area contributed by atoms with E-state index in [0.717, 1.165) is 10.2 Å². The minimum absolute atomic E-state index is 0.0724. The highest BCUT2D eigenvalue weighted by Gasteiger charge is 2.29. The van der Waals surface area contributed by atoms with Gasteiger partial charge in [0.05, 0.1) is 17.5 Å². The lowest BCUT2D eigenvalue weighted by molar-refractivity contribution is 0.586. The van der Waals surface area contributed by atoms with Gasteiger partial charge in [0.2, 0.25) is 10.0 Å². The standard InChI is InChI=1S/C11H15BrN2O2S/c1-9-8-13-5-6-17(15,16)14(9)11-4-2-3-10(12)7-11/h2-4,7,9,13H,5-6,8H2,1H3. The second-order valence-corrected chi connectivity index (χ2v) is 7.03. The molecule has 4 nitrogen and oxygen atoms in total. The number of halogens is 1. The number of hydrogen-bond donors (Lipinski definition) is 1. The maximum Gasteiger partial charge on any atom is 0.236 e. The molecular formula is C11H15BrN2O2S. The van der Waals surface area contributed by atoms with Gasteiger partial charge in [0.1, 0.15) is 0 Å². The van der Waals surface area contributed by atoms with Gasteiger partial charge in [0.15, 0.2) is 0 Å². The zero-order valence-electron chi connectivity index (χ0n) is 9.56. The largest absolute Gasteiger partial charge is 0.314 e. The van der Waals surface area contributed by atoms with Crippen molar-refractivity contribution in [3.8, 4) is 0 Å². The van der Waals surface area contributed by atoms with Gasteiger partial charge in [-0.1, -0.05) is 22.0 Å². The molecule has 94 valence electrons. The zero-order valence-corrected chi connectivity index (χ0v) is 12.0. The van der Waals surface area contributed by atoms with Crippen LogP contribution in [0, 0.1) is 0 Å². The van der Waals surface area contributed by atoms with Gasteiger partial charge in [-0.15, -0.1) is 0 Å². The van der Waals surface area contributed by atoms with E-state index in [9.17, 15) is 8.42 Å². The summed E-state index contributed by atoms with van der Waals surface area (Å²) in [4.78, 5) is 0. The molecule has 1 fully saturated rings. The summed E-state index contributed by atoms with van der Waals surface area (Å²) < 4.78 is 26.8. The van der Waals surface area contributed by atoms with E-state index in [-0.39, 0.29) is 11.8 Å². The first kappa shape index (κ1) is 12.9. The van der Waals surface area contributed by atoms with Crippen molar-refractivity contribution in [2.75, 3.05) is 23.1 Å². The van der Waals surface area contributed by atoms with E-state index in [1.54, 1.807) is 0 Å². The Morgan fingerprint density at radius 1 is 1.47 bits per heavy atom. The smallest absolute Gasteiger partial charge is 0.236 e. The van der Waals surface area contributed by atoms with Crippen LogP contribution < -0.4 is 9.62 Å². The molecule has 1 aliphatic heterocycles. The molecule has 0 saturated carbocycles. The molecule has 17 heavy (non-hydrogen) atoms. The van der Waals surface area contributed by atoms with E-state index in [2.05, 4.69) is 21.2 Å². The number of anilines is 1. The number of benzene rings is 1. The molecule has 1 heterocycles. The van der Waals surface area contributed by atoms with Crippen LogP contribution in [-0.4, -0.2) is 33.3 Å². The maximum atomic E-state index is 12.2. The monoisotopic (exact) mass is 318 g/mol. The first-order valence-electron chi connectivity index (χ1n) is 5.49. The van der Waals surface area contributed by atoms with Crippen LogP contribution in [0.25, 0.3) is 0 Å². The first-order valence-corrected chi connectivity index (χ1v) is 7.89. The van der Waals surface area contributed by atoms with Crippen molar-refractivity contribution >= 4 is 31.6 Å². The highest BCUT2D eigenvalue weighted by atomic mass is 79.9. The number of nitrogens with one attached hydrogen (secondary N) is 1. The molecule has 0 aliphatic carbocycles. The molecule has 1 N–H and O–H groups in total. The van der Waals surface area contributed by atoms with Crippen molar-refractivity contribution in [3.63, 3.8) is 0 Å². The van der Waals surface area contributed by atoms with Crippen LogP contribution in [0.3, 0.4) is 0 Å². The Hall–Kier alpha value is -0.590. The molecule has 0 amide bonds. The molecule has 2 rings (SSSR count). The van der Waals surface area contributed by atoms with Crippen LogP contribution in [0.5, 0.6) is 0 Å². The summed E-state index contributed by atoms with van der Waals surface area (Å²) >= 11 is 3.37. The molecule has 1 aliphatic rings. The third-order valence-corrected chi connectivity index (χ3v) is 5.12. The van der Waals surface area contributed by atoms with Gasteiger partial charge in [-0.05, 0) is 25.1 Å². The van der Waals surface area contributed by atoms with E-state index < -0.39 is 10.0 Å². The molecule has 1 aromatic carbocycles. The maximum absolute atomic E-state index is 12.2. The third-order valence-electron chi connectivity index (χ3n) is 2.74. The summed E-state index contributed by atoms with van der Waals surface area (Å²) in [5.41, 5.74) is 0.718. The van der Waals surface area contributed by atoms with Gasteiger partial charge in [-0.3, -0.25) is 4.31 Å². The Bertz CT molecular complexity index is 504. The molecule has 6 heteroatoms. The predicted molar refractivity (Wildman–Crippen MR) is 72.7 cm³/mol. The topological polar surface area (TPSA) is 49.4 Å². The number of sulfonamides is 1. The molecule has 0 bridgehead atoms. The van der Waals surface area contributed by atoms with E-state index >= 15 is 0 Å². The normalized spacial score (nSPS) is 24.4. The summed E-state index contributed by atoms with van der Waals surface area (Å²) in [6.45, 7) is 3.10. The second-order valence-electron chi connectivity index (χ2n) is 4.14. The average Bonchev–Trinajstić information content (AvgIpc) is 2.36. The lowest BCUT2D eigenvalue weighted by Crippen LogP contribution is -2.41. The van der Waals surface area contributed by atoms with Crippen molar-refractivity contribution < 1.29 is 8.42 Å². The molecular weight excluding hydrogens is 304 g/mol. The van der Waals surface area contributed by atoms with Crippen LogP contribution in [0.15, 0.2) is 28.7 Å². The van der Waals surface area contributed by atoms with Crippen molar-refractivity contribution in [2.45, 2.75) is 13.0 Å². The second kappa shape index (κ2) is 4.96. The first-order chi connectivity index (χ1) is 8.00. The molecule has 0 aromatic heterocycles. The fourth-order valence-corrected chi connectivity index (χ4v) is 4.04. The zero-order chi connectivity index (χ0) is 12.5. The summed E-state index contributed by atoms with van der Waals surface area (Å²) in [5.74, 6) is 0.143. The van der Waals surface area contributed by atoms with E-state index in [1.165, 1.54) is 4.31 Å².